The van der Waals surface area contributed by atoms with Crippen LogP contribution in [-0.4, -0.2) is 31.1 Å². The van der Waals surface area contributed by atoms with E-state index < -0.39 is 27.3 Å². The van der Waals surface area contributed by atoms with Crippen LogP contribution in [0.1, 0.15) is 16.8 Å². The molecule has 0 aliphatic rings. The third kappa shape index (κ3) is 3.31. The Labute approximate surface area is 105 Å². The van der Waals surface area contributed by atoms with Crippen molar-refractivity contribution in [1.82, 2.24) is 4.72 Å². The molecule has 1 aromatic rings. The molecule has 0 heterocycles. The molecule has 0 aromatic heterocycles. The van der Waals surface area contributed by atoms with E-state index in [-0.39, 0.29) is 11.4 Å². The normalized spacial score (nSPS) is 11.1. The minimum Gasteiger partial charge on any atom is -0.507 e. The summed E-state index contributed by atoms with van der Waals surface area (Å²) in [5, 5.41) is 18.1. The number of carboxylic acids is 1. The average Bonchev–Trinajstić information content (AvgIpc) is 2.29. The second kappa shape index (κ2) is 5.65. The molecule has 0 aliphatic carbocycles. The Morgan fingerprint density at radius 3 is 2.67 bits per heavy atom. The number of aromatic hydroxyl groups is 1. The largest absolute Gasteiger partial charge is 0.507 e. The summed E-state index contributed by atoms with van der Waals surface area (Å²) in [4.78, 5) is 10.6. The maximum absolute atomic E-state index is 11.8. The first-order valence-electron chi connectivity index (χ1n) is 5.05. The Morgan fingerprint density at radius 2 is 2.11 bits per heavy atom. The van der Waals surface area contributed by atoms with Crippen molar-refractivity contribution >= 4 is 16.0 Å². The molecule has 0 unspecified atom stereocenters. The Bertz CT molecular complexity index is 565. The fraction of sp³-hybridized carbons (Fsp3) is 0.182. The summed E-state index contributed by atoms with van der Waals surface area (Å²) in [5.41, 5.74) is -0.457. The van der Waals surface area contributed by atoms with Gasteiger partial charge in [0.05, 0.1) is 4.90 Å². The molecule has 0 fully saturated rings. The van der Waals surface area contributed by atoms with E-state index in [1.165, 1.54) is 0 Å². The van der Waals surface area contributed by atoms with E-state index in [2.05, 4.69) is 11.3 Å². The smallest absolute Gasteiger partial charge is 0.339 e. The Morgan fingerprint density at radius 1 is 1.44 bits per heavy atom. The second-order valence-corrected chi connectivity index (χ2v) is 5.23. The third-order valence-electron chi connectivity index (χ3n) is 2.15. The highest BCUT2D eigenvalue weighted by atomic mass is 32.2. The quantitative estimate of drug-likeness (QED) is 0.528. The highest BCUT2D eigenvalue weighted by Gasteiger charge is 2.18. The van der Waals surface area contributed by atoms with Crippen LogP contribution in [0.2, 0.25) is 0 Å². The first-order chi connectivity index (χ1) is 8.38. The zero-order valence-electron chi connectivity index (χ0n) is 9.46. The number of hydrogen-bond acceptors (Lipinski definition) is 4. The average molecular weight is 271 g/mol. The standard InChI is InChI=1S/C11H13NO5S/c1-2-3-6-12-18(16,17)8-4-5-10(13)9(7-8)11(14)15/h2,4-5,7,12-13H,1,3,6H2,(H,14,15). The summed E-state index contributed by atoms with van der Waals surface area (Å²) in [5.74, 6) is -1.87. The molecule has 0 spiro atoms. The van der Waals surface area contributed by atoms with Crippen LogP contribution in [0.4, 0.5) is 0 Å². The fourth-order valence-corrected chi connectivity index (χ4v) is 2.31. The topological polar surface area (TPSA) is 104 Å². The van der Waals surface area contributed by atoms with Gasteiger partial charge in [-0.3, -0.25) is 0 Å². The van der Waals surface area contributed by atoms with Crippen molar-refractivity contribution in [3.63, 3.8) is 0 Å². The molecule has 0 amide bonds. The van der Waals surface area contributed by atoms with Crippen molar-refractivity contribution in [2.75, 3.05) is 6.54 Å². The number of aromatic carboxylic acids is 1. The lowest BCUT2D eigenvalue weighted by atomic mass is 10.2. The molecular formula is C11H13NO5S. The van der Waals surface area contributed by atoms with Crippen LogP contribution in [0.3, 0.4) is 0 Å². The van der Waals surface area contributed by atoms with Crippen LogP contribution in [0.5, 0.6) is 5.75 Å². The van der Waals surface area contributed by atoms with Crippen molar-refractivity contribution in [1.29, 1.82) is 0 Å². The maximum atomic E-state index is 11.8. The number of benzene rings is 1. The van der Waals surface area contributed by atoms with Gasteiger partial charge in [-0.15, -0.1) is 6.58 Å². The van der Waals surface area contributed by atoms with Gasteiger partial charge in [0.25, 0.3) is 0 Å². The molecule has 0 aliphatic heterocycles. The summed E-state index contributed by atoms with van der Waals surface area (Å²) in [6.45, 7) is 3.63. The summed E-state index contributed by atoms with van der Waals surface area (Å²) < 4.78 is 25.8. The van der Waals surface area contributed by atoms with Crippen LogP contribution >= 0.6 is 0 Å². The van der Waals surface area contributed by atoms with E-state index in [9.17, 15) is 18.3 Å². The molecule has 0 atom stereocenters. The van der Waals surface area contributed by atoms with Crippen molar-refractivity contribution in [3.8, 4) is 5.75 Å². The number of sulfonamides is 1. The molecule has 7 heteroatoms. The van der Waals surface area contributed by atoms with Crippen molar-refractivity contribution in [2.24, 2.45) is 0 Å². The van der Waals surface area contributed by atoms with Crippen molar-refractivity contribution in [3.05, 3.63) is 36.4 Å². The Kier molecular flexibility index (Phi) is 4.46. The molecule has 0 bridgehead atoms. The minimum absolute atomic E-state index is 0.176. The van der Waals surface area contributed by atoms with Gasteiger partial charge in [-0.25, -0.2) is 17.9 Å². The molecule has 0 saturated heterocycles. The molecule has 1 aromatic carbocycles. The predicted molar refractivity (Wildman–Crippen MR) is 65.1 cm³/mol. The lowest BCUT2D eigenvalue weighted by Crippen LogP contribution is -2.24. The summed E-state index contributed by atoms with van der Waals surface area (Å²) in [6.07, 6.45) is 2.02. The van der Waals surface area contributed by atoms with Gasteiger partial charge in [-0.1, -0.05) is 6.08 Å². The van der Waals surface area contributed by atoms with E-state index in [4.69, 9.17) is 5.11 Å². The maximum Gasteiger partial charge on any atom is 0.339 e. The first kappa shape index (κ1) is 14.2. The molecule has 0 radical (unpaired) electrons. The number of phenols is 1. The van der Waals surface area contributed by atoms with Gasteiger partial charge in [0, 0.05) is 6.54 Å². The molecule has 0 saturated carbocycles. The molecule has 18 heavy (non-hydrogen) atoms. The molecule has 98 valence electrons. The van der Waals surface area contributed by atoms with E-state index >= 15 is 0 Å². The monoisotopic (exact) mass is 271 g/mol. The van der Waals surface area contributed by atoms with Gasteiger partial charge in [0.2, 0.25) is 10.0 Å². The number of nitrogens with one attached hydrogen (secondary N) is 1. The lowest BCUT2D eigenvalue weighted by molar-refractivity contribution is 0.0693. The van der Waals surface area contributed by atoms with E-state index in [1.54, 1.807) is 6.08 Å². The number of carbonyl (C=O) groups is 1. The predicted octanol–water partition coefficient (Wildman–Crippen LogP) is 0.945. The number of hydrogen-bond donors (Lipinski definition) is 3. The highest BCUT2D eigenvalue weighted by molar-refractivity contribution is 7.89. The lowest BCUT2D eigenvalue weighted by Gasteiger charge is -2.07. The van der Waals surface area contributed by atoms with Gasteiger partial charge in [0.1, 0.15) is 11.3 Å². The summed E-state index contributed by atoms with van der Waals surface area (Å²) in [7, 11) is -3.78. The summed E-state index contributed by atoms with van der Waals surface area (Å²) in [6, 6.07) is 3.08. The third-order valence-corrected chi connectivity index (χ3v) is 3.61. The second-order valence-electron chi connectivity index (χ2n) is 3.46. The SMILES string of the molecule is C=CCCNS(=O)(=O)c1ccc(O)c(C(=O)O)c1. The zero-order chi connectivity index (χ0) is 13.8. The van der Waals surface area contributed by atoms with Crippen molar-refractivity contribution < 1.29 is 23.4 Å². The van der Waals surface area contributed by atoms with Crippen molar-refractivity contribution in [2.45, 2.75) is 11.3 Å². The Balaban J connectivity index is 3.06. The van der Waals surface area contributed by atoms with Gasteiger partial charge in [-0.05, 0) is 24.6 Å². The van der Waals surface area contributed by atoms with Gasteiger partial charge in [0.15, 0.2) is 0 Å². The highest BCUT2D eigenvalue weighted by Crippen LogP contribution is 2.21. The van der Waals surface area contributed by atoms with E-state index in [0.29, 0.717) is 6.42 Å². The van der Waals surface area contributed by atoms with E-state index in [1.807, 2.05) is 0 Å². The Hall–Kier alpha value is -1.86. The molecular weight excluding hydrogens is 258 g/mol. The molecule has 3 N–H and O–H groups in total. The van der Waals surface area contributed by atoms with Gasteiger partial charge >= 0.3 is 5.97 Å². The van der Waals surface area contributed by atoms with Gasteiger partial charge in [-0.2, -0.15) is 0 Å². The van der Waals surface area contributed by atoms with E-state index in [0.717, 1.165) is 18.2 Å². The van der Waals surface area contributed by atoms with Gasteiger partial charge < -0.3 is 10.2 Å². The van der Waals surface area contributed by atoms with Crippen LogP contribution < -0.4 is 4.72 Å². The number of carboxylic acid groups (broad SMARTS) is 1. The zero-order valence-corrected chi connectivity index (χ0v) is 10.3. The number of rotatable bonds is 6. The fourth-order valence-electron chi connectivity index (χ4n) is 1.23. The first-order valence-corrected chi connectivity index (χ1v) is 6.53. The van der Waals surface area contributed by atoms with Crippen LogP contribution in [0, 0.1) is 0 Å². The van der Waals surface area contributed by atoms with Crippen LogP contribution in [0.15, 0.2) is 35.7 Å². The van der Waals surface area contributed by atoms with Crippen LogP contribution in [-0.2, 0) is 10.0 Å². The minimum atomic E-state index is -3.78. The molecule has 1 rings (SSSR count). The summed E-state index contributed by atoms with van der Waals surface area (Å²) >= 11 is 0. The van der Waals surface area contributed by atoms with Crippen LogP contribution in [0.25, 0.3) is 0 Å². The molecule has 6 nitrogen and oxygen atoms in total.